The van der Waals surface area contributed by atoms with Crippen molar-refractivity contribution >= 4 is 38.6 Å². The molecule has 8 aromatic carbocycles. The first kappa shape index (κ1) is 29.9. The van der Waals surface area contributed by atoms with Crippen molar-refractivity contribution in [2.24, 2.45) is 0 Å². The van der Waals surface area contributed by atoms with Crippen molar-refractivity contribution in [3.8, 4) is 33.4 Å². The third-order valence-corrected chi connectivity index (χ3v) is 11.8. The second kappa shape index (κ2) is 10.8. The molecule has 0 radical (unpaired) electrons. The molecule has 0 amide bonds. The predicted octanol–water partition coefficient (Wildman–Crippen LogP) is 13.7. The second-order valence-electron chi connectivity index (χ2n) is 15.4. The van der Waals surface area contributed by atoms with Crippen LogP contribution in [0.25, 0.3) is 54.9 Å². The number of rotatable bonds is 4. The lowest BCUT2D eigenvalue weighted by molar-refractivity contribution is 0.660. The summed E-state index contributed by atoms with van der Waals surface area (Å²) in [7, 11) is 0. The van der Waals surface area contributed by atoms with E-state index in [9.17, 15) is 0 Å². The molecule has 0 bridgehead atoms. The fraction of sp³-hybridized carbons (Fsp3) is 0.120. The van der Waals surface area contributed by atoms with Gasteiger partial charge in [-0.2, -0.15) is 0 Å². The summed E-state index contributed by atoms with van der Waals surface area (Å²) in [5.41, 5.74) is 16.6. The summed E-state index contributed by atoms with van der Waals surface area (Å²) in [4.78, 5) is 2.46. The first-order valence-corrected chi connectivity index (χ1v) is 18.1. The molecule has 0 saturated heterocycles. The fourth-order valence-corrected chi connectivity index (χ4v) is 9.00. The van der Waals surface area contributed by atoms with Crippen LogP contribution in [0.1, 0.15) is 49.9 Å². The first-order valence-electron chi connectivity index (χ1n) is 18.1. The number of nitrogens with zero attached hydrogens (tertiary/aromatic N) is 1. The monoisotopic (exact) mass is 653 g/mol. The summed E-state index contributed by atoms with van der Waals surface area (Å²) >= 11 is 0. The Bertz CT molecular complexity index is 2690. The van der Waals surface area contributed by atoms with Gasteiger partial charge in [-0.3, -0.25) is 0 Å². The molecule has 0 fully saturated rings. The summed E-state index contributed by atoms with van der Waals surface area (Å²) in [6, 6.07) is 61.1. The van der Waals surface area contributed by atoms with Crippen molar-refractivity contribution in [1.29, 1.82) is 0 Å². The number of benzene rings is 8. The van der Waals surface area contributed by atoms with E-state index in [2.05, 4.69) is 196 Å². The summed E-state index contributed by atoms with van der Waals surface area (Å²) < 4.78 is 0. The Labute approximate surface area is 300 Å². The summed E-state index contributed by atoms with van der Waals surface area (Å²) in [5, 5.41) is 5.11. The second-order valence-corrected chi connectivity index (χ2v) is 15.4. The van der Waals surface area contributed by atoms with Crippen LogP contribution in [-0.4, -0.2) is 0 Å². The van der Waals surface area contributed by atoms with Gasteiger partial charge in [0.2, 0.25) is 0 Å². The Balaban J connectivity index is 1.13. The van der Waals surface area contributed by atoms with E-state index >= 15 is 0 Å². The van der Waals surface area contributed by atoms with Crippen LogP contribution >= 0.6 is 0 Å². The van der Waals surface area contributed by atoms with Gasteiger partial charge >= 0.3 is 0 Å². The highest BCUT2D eigenvalue weighted by molar-refractivity contribution is 5.95. The molecule has 0 N–H and O–H groups in total. The zero-order valence-corrected chi connectivity index (χ0v) is 29.5. The lowest BCUT2D eigenvalue weighted by Crippen LogP contribution is -2.18. The van der Waals surface area contributed by atoms with Gasteiger partial charge in [-0.15, -0.1) is 0 Å². The van der Waals surface area contributed by atoms with E-state index in [1.807, 2.05) is 0 Å². The topological polar surface area (TPSA) is 3.24 Å². The zero-order valence-electron chi connectivity index (χ0n) is 29.5. The van der Waals surface area contributed by atoms with E-state index in [1.165, 1.54) is 88.6 Å². The van der Waals surface area contributed by atoms with Gasteiger partial charge in [0, 0.05) is 27.9 Å². The average Bonchev–Trinajstić information content (AvgIpc) is 3.52. The SMILES string of the molecule is CC1(C)c2ccccc2-c2ccc(N(c3ccc(-c4ccc5ccccc5c4)cc3)c3ccc4c(c3)C(C)(C)c3cc5ccccc5cc3-4)cc21. The molecule has 0 unspecified atom stereocenters. The van der Waals surface area contributed by atoms with E-state index in [1.54, 1.807) is 0 Å². The van der Waals surface area contributed by atoms with Crippen LogP contribution in [0.4, 0.5) is 17.1 Å². The highest BCUT2D eigenvalue weighted by Crippen LogP contribution is 2.53. The minimum atomic E-state index is -0.127. The van der Waals surface area contributed by atoms with E-state index in [0.717, 1.165) is 5.69 Å². The van der Waals surface area contributed by atoms with Crippen molar-refractivity contribution in [1.82, 2.24) is 0 Å². The molecule has 1 nitrogen and oxygen atoms in total. The maximum atomic E-state index is 2.46. The van der Waals surface area contributed by atoms with Gasteiger partial charge in [-0.1, -0.05) is 137 Å². The third kappa shape index (κ3) is 4.47. The maximum absolute atomic E-state index is 2.46. The van der Waals surface area contributed by atoms with Crippen LogP contribution in [0.3, 0.4) is 0 Å². The molecule has 1 heteroatoms. The van der Waals surface area contributed by atoms with Gasteiger partial charge in [0.25, 0.3) is 0 Å². The Morgan fingerprint density at radius 2 is 0.784 bits per heavy atom. The number of fused-ring (bicyclic) bond motifs is 8. The van der Waals surface area contributed by atoms with Crippen LogP contribution in [-0.2, 0) is 10.8 Å². The summed E-state index contributed by atoms with van der Waals surface area (Å²) in [5.74, 6) is 0. The van der Waals surface area contributed by atoms with E-state index in [-0.39, 0.29) is 10.8 Å². The third-order valence-electron chi connectivity index (χ3n) is 11.8. The van der Waals surface area contributed by atoms with Gasteiger partial charge in [-0.25, -0.2) is 0 Å². The van der Waals surface area contributed by atoms with Crippen molar-refractivity contribution in [3.05, 3.63) is 186 Å². The number of hydrogen-bond acceptors (Lipinski definition) is 1. The Morgan fingerprint density at radius 3 is 1.47 bits per heavy atom. The molecule has 0 spiro atoms. The quantitative estimate of drug-likeness (QED) is 0.183. The minimum absolute atomic E-state index is 0.0862. The smallest absolute Gasteiger partial charge is 0.0465 e. The van der Waals surface area contributed by atoms with Crippen LogP contribution in [0.15, 0.2) is 164 Å². The van der Waals surface area contributed by atoms with E-state index in [4.69, 9.17) is 0 Å². The molecular formula is C50H39N. The van der Waals surface area contributed by atoms with Gasteiger partial charge in [0.05, 0.1) is 0 Å². The van der Waals surface area contributed by atoms with Crippen molar-refractivity contribution in [3.63, 3.8) is 0 Å². The van der Waals surface area contributed by atoms with Crippen LogP contribution in [0.2, 0.25) is 0 Å². The van der Waals surface area contributed by atoms with Gasteiger partial charge < -0.3 is 4.90 Å². The lowest BCUT2D eigenvalue weighted by Gasteiger charge is -2.30. The Morgan fingerprint density at radius 1 is 0.314 bits per heavy atom. The fourth-order valence-electron chi connectivity index (χ4n) is 9.00. The summed E-state index contributed by atoms with van der Waals surface area (Å²) in [6.45, 7) is 9.49. The minimum Gasteiger partial charge on any atom is -0.310 e. The van der Waals surface area contributed by atoms with Crippen LogP contribution in [0, 0.1) is 0 Å². The molecule has 0 saturated carbocycles. The molecule has 0 aliphatic heterocycles. The largest absolute Gasteiger partial charge is 0.310 e. The van der Waals surface area contributed by atoms with Crippen molar-refractivity contribution in [2.75, 3.05) is 4.90 Å². The highest BCUT2D eigenvalue weighted by atomic mass is 15.1. The molecule has 244 valence electrons. The Kier molecular flexibility index (Phi) is 6.34. The molecule has 51 heavy (non-hydrogen) atoms. The Hall–Kier alpha value is -5.92. The summed E-state index contributed by atoms with van der Waals surface area (Å²) in [6.07, 6.45) is 0. The van der Waals surface area contributed by atoms with Gasteiger partial charge in [0.1, 0.15) is 0 Å². The molecule has 10 rings (SSSR count). The zero-order chi connectivity index (χ0) is 34.5. The predicted molar refractivity (Wildman–Crippen MR) is 217 cm³/mol. The van der Waals surface area contributed by atoms with E-state index < -0.39 is 0 Å². The van der Waals surface area contributed by atoms with Crippen molar-refractivity contribution in [2.45, 2.75) is 38.5 Å². The highest BCUT2D eigenvalue weighted by Gasteiger charge is 2.38. The molecule has 2 aliphatic rings. The molecule has 0 heterocycles. The number of anilines is 3. The van der Waals surface area contributed by atoms with Crippen LogP contribution in [0.5, 0.6) is 0 Å². The van der Waals surface area contributed by atoms with Crippen molar-refractivity contribution < 1.29 is 0 Å². The molecule has 0 atom stereocenters. The first-order chi connectivity index (χ1) is 24.8. The van der Waals surface area contributed by atoms with Gasteiger partial charge in [0.15, 0.2) is 0 Å². The van der Waals surface area contributed by atoms with Gasteiger partial charge in [-0.05, 0) is 132 Å². The standard InChI is InChI=1S/C50H39N/c1-49(2)45-16-10-9-15-41(45)42-25-23-39(30-47(42)49)51(38-21-19-33(20-22-38)37-18-17-32-11-5-6-12-34(32)27-37)40-24-26-43-44-28-35-13-7-8-14-36(35)29-46(44)50(3,4)48(43)31-40/h5-31H,1-4H3. The number of hydrogen-bond donors (Lipinski definition) is 0. The average molecular weight is 654 g/mol. The molecule has 8 aromatic rings. The molecule has 0 aromatic heterocycles. The maximum Gasteiger partial charge on any atom is 0.0465 e. The van der Waals surface area contributed by atoms with Crippen LogP contribution < -0.4 is 4.90 Å². The normalized spacial score (nSPS) is 14.6. The molecule has 2 aliphatic carbocycles. The molecular weight excluding hydrogens is 615 g/mol. The lowest BCUT2D eigenvalue weighted by atomic mass is 9.81. The van der Waals surface area contributed by atoms with E-state index in [0.29, 0.717) is 0 Å².